The van der Waals surface area contributed by atoms with E-state index in [4.69, 9.17) is 0 Å². The number of benzene rings is 3. The van der Waals surface area contributed by atoms with Gasteiger partial charge in [0.1, 0.15) is 5.60 Å². The summed E-state index contributed by atoms with van der Waals surface area (Å²) in [5.41, 5.74) is 2.05. The summed E-state index contributed by atoms with van der Waals surface area (Å²) in [4.78, 5) is 12.4. The zero-order valence-electron chi connectivity index (χ0n) is 14.4. The average molecular weight is 331 g/mol. The summed E-state index contributed by atoms with van der Waals surface area (Å²) in [7, 11) is 1.59. The molecule has 3 rings (SSSR count). The van der Waals surface area contributed by atoms with Crippen LogP contribution >= 0.6 is 0 Å². The topological polar surface area (TPSA) is 49.3 Å². The predicted molar refractivity (Wildman–Crippen MR) is 99.6 cm³/mol. The molecule has 0 unspecified atom stereocenters. The van der Waals surface area contributed by atoms with E-state index in [0.29, 0.717) is 11.1 Å². The molecule has 0 spiro atoms. The van der Waals surface area contributed by atoms with Gasteiger partial charge in [-0.3, -0.25) is 4.79 Å². The standard InChI is InChI=1S/C22H21NO2/c1-16-10-6-8-14-19(16)22(25,17-11-4-3-5-12-17)20-15-9-7-13-18(20)21(24)23-2/h3-15,25H,1-2H3,(H,23,24)/t22-/m1/s1. The molecule has 2 N–H and O–H groups in total. The SMILES string of the molecule is CNC(=O)c1ccccc1[C@@](O)(c1ccccc1)c1ccccc1C. The van der Waals surface area contributed by atoms with E-state index in [1.165, 1.54) is 0 Å². The van der Waals surface area contributed by atoms with Gasteiger partial charge >= 0.3 is 0 Å². The molecule has 0 aliphatic carbocycles. The van der Waals surface area contributed by atoms with Crippen molar-refractivity contribution in [3.8, 4) is 0 Å². The lowest BCUT2D eigenvalue weighted by atomic mass is 9.76. The normalized spacial score (nSPS) is 13.1. The summed E-state index contributed by atoms with van der Waals surface area (Å²) in [6.07, 6.45) is 0. The van der Waals surface area contributed by atoms with Crippen LogP contribution in [0.5, 0.6) is 0 Å². The maximum absolute atomic E-state index is 12.4. The Morgan fingerprint density at radius 2 is 1.40 bits per heavy atom. The number of amides is 1. The minimum atomic E-state index is -1.42. The minimum absolute atomic E-state index is 0.224. The summed E-state index contributed by atoms with van der Waals surface area (Å²) in [6, 6.07) is 24.4. The van der Waals surface area contributed by atoms with Gasteiger partial charge in [0.25, 0.3) is 5.91 Å². The zero-order valence-corrected chi connectivity index (χ0v) is 14.4. The second-order valence-corrected chi connectivity index (χ2v) is 6.02. The van der Waals surface area contributed by atoms with E-state index >= 15 is 0 Å². The molecule has 0 bridgehead atoms. The number of hydrogen-bond acceptors (Lipinski definition) is 2. The van der Waals surface area contributed by atoms with E-state index < -0.39 is 5.60 Å². The summed E-state index contributed by atoms with van der Waals surface area (Å²) < 4.78 is 0. The third-order valence-corrected chi connectivity index (χ3v) is 4.51. The second kappa shape index (κ2) is 6.91. The molecule has 0 aromatic heterocycles. The van der Waals surface area contributed by atoms with Crippen LogP contribution in [0.4, 0.5) is 0 Å². The van der Waals surface area contributed by atoms with Crippen molar-refractivity contribution < 1.29 is 9.90 Å². The number of aliphatic hydroxyl groups is 1. The van der Waals surface area contributed by atoms with Crippen molar-refractivity contribution >= 4 is 5.91 Å². The molecule has 126 valence electrons. The van der Waals surface area contributed by atoms with Gasteiger partial charge in [-0.05, 0) is 29.7 Å². The van der Waals surface area contributed by atoms with Crippen molar-refractivity contribution in [1.82, 2.24) is 5.32 Å². The fraction of sp³-hybridized carbons (Fsp3) is 0.136. The monoisotopic (exact) mass is 331 g/mol. The number of nitrogens with one attached hydrogen (secondary N) is 1. The summed E-state index contributed by atoms with van der Waals surface area (Å²) in [6.45, 7) is 1.96. The lowest BCUT2D eigenvalue weighted by Gasteiger charge is -2.32. The Bertz CT molecular complexity index is 889. The van der Waals surface area contributed by atoms with Gasteiger partial charge in [0.05, 0.1) is 0 Å². The Balaban J connectivity index is 2.35. The Kier molecular flexibility index (Phi) is 4.68. The highest BCUT2D eigenvalue weighted by Gasteiger charge is 2.37. The Hall–Kier alpha value is -2.91. The predicted octanol–water partition coefficient (Wildman–Crippen LogP) is 3.64. The fourth-order valence-corrected chi connectivity index (χ4v) is 3.25. The van der Waals surface area contributed by atoms with Crippen LogP contribution in [-0.4, -0.2) is 18.1 Å². The van der Waals surface area contributed by atoms with Gasteiger partial charge in [-0.15, -0.1) is 0 Å². The first-order chi connectivity index (χ1) is 12.1. The highest BCUT2D eigenvalue weighted by atomic mass is 16.3. The van der Waals surface area contributed by atoms with Crippen molar-refractivity contribution in [3.63, 3.8) is 0 Å². The number of carbonyl (C=O) groups excluding carboxylic acids is 1. The van der Waals surface area contributed by atoms with Gasteiger partial charge in [-0.2, -0.15) is 0 Å². The minimum Gasteiger partial charge on any atom is -0.376 e. The van der Waals surface area contributed by atoms with Crippen LogP contribution in [0.3, 0.4) is 0 Å². The lowest BCUT2D eigenvalue weighted by molar-refractivity contribution is 0.0939. The first kappa shape index (κ1) is 16.9. The summed E-state index contributed by atoms with van der Waals surface area (Å²) in [5.74, 6) is -0.224. The van der Waals surface area contributed by atoms with Crippen molar-refractivity contribution in [2.45, 2.75) is 12.5 Å². The lowest BCUT2D eigenvalue weighted by Crippen LogP contribution is -2.33. The maximum Gasteiger partial charge on any atom is 0.251 e. The van der Waals surface area contributed by atoms with E-state index in [0.717, 1.165) is 16.7 Å². The third kappa shape index (κ3) is 2.94. The van der Waals surface area contributed by atoms with Gasteiger partial charge in [0.15, 0.2) is 0 Å². The molecule has 1 amide bonds. The molecule has 0 radical (unpaired) electrons. The van der Waals surface area contributed by atoms with Gasteiger partial charge in [-0.1, -0.05) is 72.8 Å². The van der Waals surface area contributed by atoms with E-state index in [9.17, 15) is 9.90 Å². The first-order valence-corrected chi connectivity index (χ1v) is 8.24. The van der Waals surface area contributed by atoms with Crippen molar-refractivity contribution in [1.29, 1.82) is 0 Å². The van der Waals surface area contributed by atoms with Crippen LogP contribution in [-0.2, 0) is 5.60 Å². The Labute approximate surface area is 148 Å². The zero-order chi connectivity index (χ0) is 17.9. The summed E-state index contributed by atoms with van der Waals surface area (Å²) in [5, 5.41) is 14.6. The van der Waals surface area contributed by atoms with Gasteiger partial charge in [-0.25, -0.2) is 0 Å². The maximum atomic E-state index is 12.4. The number of aryl methyl sites for hydroxylation is 1. The molecule has 3 nitrogen and oxygen atoms in total. The Morgan fingerprint density at radius 3 is 2.04 bits per heavy atom. The van der Waals surface area contributed by atoms with Gasteiger partial charge in [0, 0.05) is 18.2 Å². The molecule has 1 atom stereocenters. The van der Waals surface area contributed by atoms with Crippen LogP contribution in [0.25, 0.3) is 0 Å². The fourth-order valence-electron chi connectivity index (χ4n) is 3.25. The molecule has 0 heterocycles. The highest BCUT2D eigenvalue weighted by Crippen LogP contribution is 2.39. The molecule has 0 fully saturated rings. The quantitative estimate of drug-likeness (QED) is 0.717. The molecule has 25 heavy (non-hydrogen) atoms. The van der Waals surface area contributed by atoms with Crippen LogP contribution < -0.4 is 5.32 Å². The number of rotatable bonds is 4. The van der Waals surface area contributed by atoms with E-state index in [1.54, 1.807) is 19.2 Å². The molecule has 0 aliphatic rings. The molecule has 0 aliphatic heterocycles. The van der Waals surface area contributed by atoms with Crippen LogP contribution in [0.2, 0.25) is 0 Å². The molecular weight excluding hydrogens is 310 g/mol. The number of carbonyl (C=O) groups is 1. The smallest absolute Gasteiger partial charge is 0.251 e. The van der Waals surface area contributed by atoms with E-state index in [2.05, 4.69) is 5.32 Å². The van der Waals surface area contributed by atoms with Gasteiger partial charge in [0.2, 0.25) is 0 Å². The second-order valence-electron chi connectivity index (χ2n) is 6.02. The summed E-state index contributed by atoms with van der Waals surface area (Å²) >= 11 is 0. The first-order valence-electron chi connectivity index (χ1n) is 8.24. The van der Waals surface area contributed by atoms with E-state index in [-0.39, 0.29) is 5.91 Å². The van der Waals surface area contributed by atoms with Crippen molar-refractivity contribution in [2.24, 2.45) is 0 Å². The molecule has 3 aromatic carbocycles. The molecule has 3 heteroatoms. The average Bonchev–Trinajstić information content (AvgIpc) is 2.68. The van der Waals surface area contributed by atoms with E-state index in [1.807, 2.05) is 73.7 Å². The van der Waals surface area contributed by atoms with Crippen LogP contribution in [0.15, 0.2) is 78.9 Å². The molecular formula is C22H21NO2. The Morgan fingerprint density at radius 1 is 0.840 bits per heavy atom. The highest BCUT2D eigenvalue weighted by molar-refractivity contribution is 5.96. The molecule has 3 aromatic rings. The van der Waals surface area contributed by atoms with Crippen molar-refractivity contribution in [3.05, 3.63) is 107 Å². The molecule has 0 saturated heterocycles. The third-order valence-electron chi connectivity index (χ3n) is 4.51. The van der Waals surface area contributed by atoms with Gasteiger partial charge < -0.3 is 10.4 Å². The van der Waals surface area contributed by atoms with Crippen LogP contribution in [0.1, 0.15) is 32.6 Å². The van der Waals surface area contributed by atoms with Crippen LogP contribution in [0, 0.1) is 6.92 Å². The molecule has 0 saturated carbocycles. The largest absolute Gasteiger partial charge is 0.376 e. The van der Waals surface area contributed by atoms with Crippen molar-refractivity contribution in [2.75, 3.05) is 7.05 Å². The number of hydrogen-bond donors (Lipinski definition) is 2.